The van der Waals surface area contributed by atoms with E-state index in [9.17, 15) is 0 Å². The molecule has 1 aliphatic carbocycles. The highest BCUT2D eigenvalue weighted by Gasteiger charge is 2.31. The number of nitrogens with two attached hydrogens (primary N) is 1. The van der Waals surface area contributed by atoms with Crippen molar-refractivity contribution in [2.24, 2.45) is 5.73 Å². The molecule has 1 aromatic rings. The minimum absolute atomic E-state index is 0.444. The molecule has 2 aliphatic rings. The molecule has 0 saturated heterocycles. The van der Waals surface area contributed by atoms with Gasteiger partial charge in [0.05, 0.1) is 6.54 Å². The largest absolute Gasteiger partial charge is 0.324 e. The van der Waals surface area contributed by atoms with Crippen molar-refractivity contribution >= 4 is 0 Å². The molecule has 80 valence electrons. The SMILES string of the molecule is NCc1ncc2c(n1)CCN(C1CC1)C2. The van der Waals surface area contributed by atoms with Crippen LogP contribution in [0.15, 0.2) is 6.20 Å². The molecule has 0 radical (unpaired) electrons. The van der Waals surface area contributed by atoms with Crippen LogP contribution >= 0.6 is 0 Å². The third-order valence-corrected chi connectivity index (χ3v) is 3.26. The third-order valence-electron chi connectivity index (χ3n) is 3.26. The van der Waals surface area contributed by atoms with E-state index in [0.29, 0.717) is 6.54 Å². The highest BCUT2D eigenvalue weighted by Crippen LogP contribution is 2.30. The van der Waals surface area contributed by atoms with E-state index in [1.165, 1.54) is 24.1 Å². The fourth-order valence-electron chi connectivity index (χ4n) is 2.23. The van der Waals surface area contributed by atoms with Crippen LogP contribution in [0.25, 0.3) is 0 Å². The van der Waals surface area contributed by atoms with Crippen LogP contribution in [0.2, 0.25) is 0 Å². The lowest BCUT2D eigenvalue weighted by Crippen LogP contribution is -2.33. The summed E-state index contributed by atoms with van der Waals surface area (Å²) >= 11 is 0. The average Bonchev–Trinajstić information content (AvgIpc) is 3.11. The molecule has 2 heterocycles. The van der Waals surface area contributed by atoms with Crippen molar-refractivity contribution in [2.75, 3.05) is 6.54 Å². The van der Waals surface area contributed by atoms with Crippen LogP contribution in [0.3, 0.4) is 0 Å². The standard InChI is InChI=1S/C11H16N4/c12-5-11-13-6-8-7-15(9-1-2-9)4-3-10(8)14-11/h6,9H,1-5,7,12H2. The number of rotatable bonds is 2. The average molecular weight is 204 g/mol. The molecule has 0 amide bonds. The lowest BCUT2D eigenvalue weighted by atomic mass is 10.1. The molecule has 3 rings (SSSR count). The summed E-state index contributed by atoms with van der Waals surface area (Å²) in [6.07, 6.45) is 5.76. The van der Waals surface area contributed by atoms with Crippen LogP contribution in [0.1, 0.15) is 29.9 Å². The van der Waals surface area contributed by atoms with Gasteiger partial charge >= 0.3 is 0 Å². The van der Waals surface area contributed by atoms with Gasteiger partial charge in [-0.05, 0) is 12.8 Å². The van der Waals surface area contributed by atoms with E-state index in [4.69, 9.17) is 5.73 Å². The minimum Gasteiger partial charge on any atom is -0.324 e. The van der Waals surface area contributed by atoms with Crippen LogP contribution in [0.4, 0.5) is 0 Å². The Morgan fingerprint density at radius 3 is 3.07 bits per heavy atom. The van der Waals surface area contributed by atoms with Gasteiger partial charge in [-0.2, -0.15) is 0 Å². The van der Waals surface area contributed by atoms with Crippen molar-refractivity contribution in [1.29, 1.82) is 0 Å². The highest BCUT2D eigenvalue weighted by molar-refractivity contribution is 5.21. The predicted octanol–water partition coefficient (Wildman–Crippen LogP) is 0.456. The minimum atomic E-state index is 0.444. The molecular weight excluding hydrogens is 188 g/mol. The van der Waals surface area contributed by atoms with Gasteiger partial charge < -0.3 is 5.73 Å². The normalized spacial score (nSPS) is 21.4. The van der Waals surface area contributed by atoms with Gasteiger partial charge in [-0.1, -0.05) is 0 Å². The maximum atomic E-state index is 5.53. The number of aromatic nitrogens is 2. The van der Waals surface area contributed by atoms with Gasteiger partial charge in [0, 0.05) is 43.0 Å². The summed E-state index contributed by atoms with van der Waals surface area (Å²) in [5.41, 5.74) is 8.04. The van der Waals surface area contributed by atoms with Gasteiger partial charge in [0.15, 0.2) is 0 Å². The summed E-state index contributed by atoms with van der Waals surface area (Å²) in [4.78, 5) is 11.3. The van der Waals surface area contributed by atoms with Crippen molar-refractivity contribution in [3.8, 4) is 0 Å². The zero-order valence-corrected chi connectivity index (χ0v) is 8.82. The molecule has 15 heavy (non-hydrogen) atoms. The number of hydrogen-bond donors (Lipinski definition) is 1. The van der Waals surface area contributed by atoms with Gasteiger partial charge in [-0.15, -0.1) is 0 Å². The number of nitrogens with zero attached hydrogens (tertiary/aromatic N) is 3. The van der Waals surface area contributed by atoms with Gasteiger partial charge in [-0.3, -0.25) is 4.90 Å². The van der Waals surface area contributed by atoms with Crippen LogP contribution in [-0.2, 0) is 19.5 Å². The van der Waals surface area contributed by atoms with Gasteiger partial charge in [0.1, 0.15) is 5.82 Å². The Bertz CT molecular complexity index is 373. The van der Waals surface area contributed by atoms with Crippen LogP contribution in [0, 0.1) is 0 Å². The Morgan fingerprint density at radius 1 is 1.47 bits per heavy atom. The van der Waals surface area contributed by atoms with Crippen LogP contribution in [0.5, 0.6) is 0 Å². The summed E-state index contributed by atoms with van der Waals surface area (Å²) in [5, 5.41) is 0. The summed E-state index contributed by atoms with van der Waals surface area (Å²) in [5.74, 6) is 0.772. The molecule has 4 nitrogen and oxygen atoms in total. The lowest BCUT2D eigenvalue weighted by molar-refractivity contribution is 0.241. The van der Waals surface area contributed by atoms with Crippen LogP contribution in [-0.4, -0.2) is 27.5 Å². The smallest absolute Gasteiger partial charge is 0.142 e. The van der Waals surface area contributed by atoms with Crippen molar-refractivity contribution in [3.63, 3.8) is 0 Å². The first-order valence-corrected chi connectivity index (χ1v) is 5.64. The van der Waals surface area contributed by atoms with Crippen molar-refractivity contribution in [1.82, 2.24) is 14.9 Å². The lowest BCUT2D eigenvalue weighted by Gasteiger charge is -2.27. The summed E-state index contributed by atoms with van der Waals surface area (Å²) in [6, 6.07) is 0.840. The zero-order valence-electron chi connectivity index (χ0n) is 8.82. The maximum Gasteiger partial charge on any atom is 0.142 e. The fraction of sp³-hybridized carbons (Fsp3) is 0.636. The first-order chi connectivity index (χ1) is 7.36. The second-order valence-corrected chi connectivity index (χ2v) is 4.41. The van der Waals surface area contributed by atoms with Gasteiger partial charge in [0.25, 0.3) is 0 Å². The quantitative estimate of drug-likeness (QED) is 0.760. The van der Waals surface area contributed by atoms with Gasteiger partial charge in [0.2, 0.25) is 0 Å². The molecule has 1 saturated carbocycles. The zero-order chi connectivity index (χ0) is 10.3. The summed E-state index contributed by atoms with van der Waals surface area (Å²) < 4.78 is 0. The molecule has 1 fully saturated rings. The fourth-order valence-corrected chi connectivity index (χ4v) is 2.23. The Labute approximate surface area is 89.5 Å². The molecule has 0 atom stereocenters. The van der Waals surface area contributed by atoms with E-state index in [1.807, 2.05) is 6.20 Å². The van der Waals surface area contributed by atoms with E-state index in [0.717, 1.165) is 31.4 Å². The Balaban J connectivity index is 1.83. The molecule has 0 aromatic carbocycles. The molecule has 0 spiro atoms. The Kier molecular flexibility index (Phi) is 2.18. The second-order valence-electron chi connectivity index (χ2n) is 4.41. The van der Waals surface area contributed by atoms with Crippen molar-refractivity contribution < 1.29 is 0 Å². The Morgan fingerprint density at radius 2 is 2.33 bits per heavy atom. The monoisotopic (exact) mass is 204 g/mol. The van der Waals surface area contributed by atoms with Crippen molar-refractivity contribution in [3.05, 3.63) is 23.3 Å². The predicted molar refractivity (Wildman–Crippen MR) is 57.1 cm³/mol. The molecule has 2 N–H and O–H groups in total. The summed E-state index contributed by atoms with van der Waals surface area (Å²) in [6.45, 7) is 2.63. The van der Waals surface area contributed by atoms with Gasteiger partial charge in [-0.25, -0.2) is 9.97 Å². The second kappa shape index (κ2) is 3.54. The van der Waals surface area contributed by atoms with E-state index in [-0.39, 0.29) is 0 Å². The molecule has 1 aromatic heterocycles. The molecule has 4 heteroatoms. The van der Waals surface area contributed by atoms with E-state index < -0.39 is 0 Å². The number of hydrogen-bond acceptors (Lipinski definition) is 4. The Hall–Kier alpha value is -1.00. The molecule has 1 aliphatic heterocycles. The van der Waals surface area contributed by atoms with Crippen molar-refractivity contribution in [2.45, 2.75) is 38.4 Å². The molecule has 0 unspecified atom stereocenters. The third kappa shape index (κ3) is 1.75. The van der Waals surface area contributed by atoms with E-state index in [2.05, 4.69) is 14.9 Å². The summed E-state index contributed by atoms with van der Waals surface area (Å²) in [7, 11) is 0. The van der Waals surface area contributed by atoms with E-state index >= 15 is 0 Å². The highest BCUT2D eigenvalue weighted by atomic mass is 15.2. The first kappa shape index (κ1) is 9.24. The maximum absolute atomic E-state index is 5.53. The van der Waals surface area contributed by atoms with E-state index in [1.54, 1.807) is 0 Å². The number of fused-ring (bicyclic) bond motifs is 1. The molecular formula is C11H16N4. The topological polar surface area (TPSA) is 55.0 Å². The van der Waals surface area contributed by atoms with Crippen LogP contribution < -0.4 is 5.73 Å². The molecule has 0 bridgehead atoms. The first-order valence-electron chi connectivity index (χ1n) is 5.64.